The summed E-state index contributed by atoms with van der Waals surface area (Å²) in [6.45, 7) is 5.81. The fourth-order valence-corrected chi connectivity index (χ4v) is 4.57. The van der Waals surface area contributed by atoms with Crippen LogP contribution in [0.4, 0.5) is 0 Å². The number of carbonyl (C=O) groups excluding carboxylic acids is 2. The van der Waals surface area contributed by atoms with Gasteiger partial charge in [-0.05, 0) is 44.0 Å². The van der Waals surface area contributed by atoms with Gasteiger partial charge in [-0.3, -0.25) is 20.4 Å². The van der Waals surface area contributed by atoms with Crippen molar-refractivity contribution >= 4 is 33.0 Å². The SMILES string of the molecule is CCc1sc(C(=O)NNC(=O)CCS(=O)(=O)c2ccc(C)cc2)cc1C. The molecule has 0 radical (unpaired) electrons. The highest BCUT2D eigenvalue weighted by molar-refractivity contribution is 7.91. The molecule has 1 aromatic carbocycles. The molecular weight excluding hydrogens is 372 g/mol. The van der Waals surface area contributed by atoms with Gasteiger partial charge in [-0.2, -0.15) is 0 Å². The molecule has 140 valence electrons. The topological polar surface area (TPSA) is 92.3 Å². The number of hydrazine groups is 1. The largest absolute Gasteiger partial charge is 0.279 e. The average molecular weight is 395 g/mol. The van der Waals surface area contributed by atoms with Gasteiger partial charge in [-0.1, -0.05) is 24.6 Å². The molecule has 0 aliphatic heterocycles. The van der Waals surface area contributed by atoms with E-state index < -0.39 is 21.7 Å². The quantitative estimate of drug-likeness (QED) is 0.737. The lowest BCUT2D eigenvalue weighted by molar-refractivity contribution is -0.121. The Kier molecular flexibility index (Phi) is 6.55. The van der Waals surface area contributed by atoms with Gasteiger partial charge in [0.15, 0.2) is 9.84 Å². The second kappa shape index (κ2) is 8.46. The summed E-state index contributed by atoms with van der Waals surface area (Å²) in [6, 6.07) is 8.23. The van der Waals surface area contributed by atoms with E-state index in [9.17, 15) is 18.0 Å². The molecule has 1 aromatic heterocycles. The van der Waals surface area contributed by atoms with Gasteiger partial charge in [0.25, 0.3) is 5.91 Å². The second-order valence-electron chi connectivity index (χ2n) is 5.95. The Hall–Kier alpha value is -2.19. The second-order valence-corrected chi connectivity index (χ2v) is 9.20. The van der Waals surface area contributed by atoms with E-state index >= 15 is 0 Å². The lowest BCUT2D eigenvalue weighted by atomic mass is 10.2. The first-order valence-corrected chi connectivity index (χ1v) is 10.7. The Morgan fingerprint density at radius 3 is 2.31 bits per heavy atom. The molecule has 0 unspecified atom stereocenters. The maximum atomic E-state index is 12.2. The molecule has 0 aliphatic rings. The van der Waals surface area contributed by atoms with Crippen LogP contribution in [0.1, 0.15) is 39.0 Å². The zero-order valence-electron chi connectivity index (χ0n) is 15.0. The van der Waals surface area contributed by atoms with Crippen LogP contribution in [-0.2, 0) is 21.1 Å². The predicted molar refractivity (Wildman–Crippen MR) is 102 cm³/mol. The van der Waals surface area contributed by atoms with Crippen molar-refractivity contribution in [2.45, 2.75) is 38.5 Å². The molecule has 2 amide bonds. The molecule has 0 fully saturated rings. The third-order valence-corrected chi connectivity index (χ3v) is 6.97. The van der Waals surface area contributed by atoms with Crippen LogP contribution in [0.2, 0.25) is 0 Å². The first kappa shape index (κ1) is 20.1. The molecule has 0 saturated carbocycles. The monoisotopic (exact) mass is 394 g/mol. The highest BCUT2D eigenvalue weighted by Gasteiger charge is 2.17. The van der Waals surface area contributed by atoms with Gasteiger partial charge in [0.05, 0.1) is 15.5 Å². The maximum absolute atomic E-state index is 12.2. The maximum Gasteiger partial charge on any atom is 0.279 e. The number of hydrogen-bond donors (Lipinski definition) is 2. The summed E-state index contributed by atoms with van der Waals surface area (Å²) in [7, 11) is -3.54. The molecule has 0 saturated heterocycles. The fourth-order valence-electron chi connectivity index (χ4n) is 2.32. The van der Waals surface area contributed by atoms with Crippen LogP contribution in [0, 0.1) is 13.8 Å². The molecule has 8 heteroatoms. The third-order valence-electron chi connectivity index (χ3n) is 3.86. The van der Waals surface area contributed by atoms with E-state index in [0.717, 1.165) is 22.4 Å². The smallest absolute Gasteiger partial charge is 0.273 e. The number of aryl methyl sites for hydroxylation is 3. The van der Waals surface area contributed by atoms with Crippen LogP contribution >= 0.6 is 11.3 Å². The van der Waals surface area contributed by atoms with E-state index in [1.807, 2.05) is 20.8 Å². The van der Waals surface area contributed by atoms with Crippen molar-refractivity contribution in [3.05, 3.63) is 51.2 Å². The number of rotatable bonds is 6. The predicted octanol–water partition coefficient (Wildman–Crippen LogP) is 2.55. The van der Waals surface area contributed by atoms with Crippen LogP contribution in [-0.4, -0.2) is 26.0 Å². The lowest BCUT2D eigenvalue weighted by Gasteiger charge is -2.07. The summed E-state index contributed by atoms with van der Waals surface area (Å²) in [6.07, 6.45) is 0.604. The van der Waals surface area contributed by atoms with E-state index in [4.69, 9.17) is 0 Å². The molecular formula is C18H22N2O4S2. The number of benzene rings is 1. The Morgan fingerprint density at radius 2 is 1.73 bits per heavy atom. The summed E-state index contributed by atoms with van der Waals surface area (Å²) in [5, 5.41) is 0. The van der Waals surface area contributed by atoms with Crippen LogP contribution in [0.15, 0.2) is 35.2 Å². The van der Waals surface area contributed by atoms with E-state index in [2.05, 4.69) is 10.9 Å². The standard InChI is InChI=1S/C18H22N2O4S2/c1-4-15-13(3)11-16(25-15)18(22)20-19-17(21)9-10-26(23,24)14-7-5-12(2)6-8-14/h5-8,11H,4,9-10H2,1-3H3,(H,19,21)(H,20,22). The van der Waals surface area contributed by atoms with Crippen molar-refractivity contribution in [2.75, 3.05) is 5.75 Å². The first-order valence-electron chi connectivity index (χ1n) is 8.21. The molecule has 6 nitrogen and oxygen atoms in total. The molecule has 0 spiro atoms. The van der Waals surface area contributed by atoms with Crippen molar-refractivity contribution in [1.82, 2.24) is 10.9 Å². The molecule has 2 N–H and O–H groups in total. The molecule has 1 heterocycles. The molecule has 0 atom stereocenters. The zero-order valence-corrected chi connectivity index (χ0v) is 16.6. The number of nitrogens with one attached hydrogen (secondary N) is 2. The number of sulfone groups is 1. The zero-order chi connectivity index (χ0) is 19.3. The Balaban J connectivity index is 1.86. The van der Waals surface area contributed by atoms with Crippen LogP contribution in [0.25, 0.3) is 0 Å². The summed E-state index contributed by atoms with van der Waals surface area (Å²) in [5.41, 5.74) is 6.59. The van der Waals surface area contributed by atoms with Crippen LogP contribution < -0.4 is 10.9 Å². The molecule has 26 heavy (non-hydrogen) atoms. The van der Waals surface area contributed by atoms with Crippen LogP contribution in [0.3, 0.4) is 0 Å². The van der Waals surface area contributed by atoms with Crippen molar-refractivity contribution in [3.63, 3.8) is 0 Å². The Labute approximate surface area is 157 Å². The minimum Gasteiger partial charge on any atom is -0.273 e. The van der Waals surface area contributed by atoms with Crippen LogP contribution in [0.5, 0.6) is 0 Å². The normalized spacial score (nSPS) is 11.2. The summed E-state index contributed by atoms with van der Waals surface area (Å²) in [4.78, 5) is 25.7. The van der Waals surface area contributed by atoms with Gasteiger partial charge in [0.2, 0.25) is 5.91 Å². The Bertz CT molecular complexity index is 900. The lowest BCUT2D eigenvalue weighted by Crippen LogP contribution is -2.41. The van der Waals surface area contributed by atoms with Gasteiger partial charge in [0, 0.05) is 11.3 Å². The molecule has 2 aromatic rings. The third kappa shape index (κ3) is 5.15. The van der Waals surface area contributed by atoms with Gasteiger partial charge < -0.3 is 0 Å². The number of hydrogen-bond acceptors (Lipinski definition) is 5. The average Bonchev–Trinajstić information content (AvgIpc) is 2.99. The first-order chi connectivity index (χ1) is 12.2. The van der Waals surface area contributed by atoms with Gasteiger partial charge in [-0.25, -0.2) is 8.42 Å². The van der Waals surface area contributed by atoms with Crippen molar-refractivity contribution in [1.29, 1.82) is 0 Å². The summed E-state index contributed by atoms with van der Waals surface area (Å²) in [5.74, 6) is -1.29. The van der Waals surface area contributed by atoms with Gasteiger partial charge in [0.1, 0.15) is 0 Å². The molecule has 0 aliphatic carbocycles. The number of carbonyl (C=O) groups is 2. The van der Waals surface area contributed by atoms with Gasteiger partial charge in [-0.15, -0.1) is 11.3 Å². The van der Waals surface area contributed by atoms with E-state index in [1.54, 1.807) is 18.2 Å². The summed E-state index contributed by atoms with van der Waals surface area (Å²) >= 11 is 1.38. The molecule has 0 bridgehead atoms. The van der Waals surface area contributed by atoms with Crippen molar-refractivity contribution in [2.24, 2.45) is 0 Å². The Morgan fingerprint density at radius 1 is 1.08 bits per heavy atom. The van der Waals surface area contributed by atoms with E-state index in [1.165, 1.54) is 23.5 Å². The van der Waals surface area contributed by atoms with E-state index in [-0.39, 0.29) is 17.1 Å². The molecule has 2 rings (SSSR count). The van der Waals surface area contributed by atoms with Crippen molar-refractivity contribution in [3.8, 4) is 0 Å². The minimum absolute atomic E-state index is 0.182. The highest BCUT2D eigenvalue weighted by atomic mass is 32.2. The highest BCUT2D eigenvalue weighted by Crippen LogP contribution is 2.22. The number of amides is 2. The minimum atomic E-state index is -3.54. The van der Waals surface area contributed by atoms with Gasteiger partial charge >= 0.3 is 0 Å². The summed E-state index contributed by atoms with van der Waals surface area (Å²) < 4.78 is 24.4. The van der Waals surface area contributed by atoms with Crippen molar-refractivity contribution < 1.29 is 18.0 Å². The fraction of sp³-hybridized carbons (Fsp3) is 0.333. The number of thiophene rings is 1. The van der Waals surface area contributed by atoms with E-state index in [0.29, 0.717) is 4.88 Å².